The smallest absolute Gasteiger partial charge is 0.242 e. The fourth-order valence-corrected chi connectivity index (χ4v) is 2.35. The van der Waals surface area contributed by atoms with Gasteiger partial charge in [-0.25, -0.2) is 4.98 Å². The number of ether oxygens (including phenoxy) is 1. The number of hydrogen-bond acceptors (Lipinski definition) is 3. The zero-order valence-corrected chi connectivity index (χ0v) is 11.1. The van der Waals surface area contributed by atoms with Gasteiger partial charge in [0.2, 0.25) is 11.8 Å². The molecule has 0 aliphatic heterocycles. The number of carbonyl (C=O) groups is 1. The first-order valence-electron chi connectivity index (χ1n) is 6.15. The quantitative estimate of drug-likeness (QED) is 0.854. The van der Waals surface area contributed by atoms with Gasteiger partial charge in [-0.3, -0.25) is 4.79 Å². The van der Waals surface area contributed by atoms with Crippen LogP contribution in [-0.4, -0.2) is 24.0 Å². The van der Waals surface area contributed by atoms with Crippen molar-refractivity contribution in [2.75, 3.05) is 7.11 Å². The van der Waals surface area contributed by atoms with Crippen molar-refractivity contribution in [3.8, 4) is 5.88 Å². The second-order valence-corrected chi connectivity index (χ2v) is 4.92. The summed E-state index contributed by atoms with van der Waals surface area (Å²) in [6.07, 6.45) is 6.04. The lowest BCUT2D eigenvalue weighted by Gasteiger charge is -2.15. The van der Waals surface area contributed by atoms with E-state index in [4.69, 9.17) is 16.3 Å². The van der Waals surface area contributed by atoms with Gasteiger partial charge in [-0.2, -0.15) is 0 Å². The number of methoxy groups -OCH3 is 1. The van der Waals surface area contributed by atoms with Crippen LogP contribution in [0.4, 0.5) is 0 Å². The van der Waals surface area contributed by atoms with E-state index in [1.807, 2.05) is 0 Å². The number of carbonyl (C=O) groups excluding carboxylic acids is 1. The minimum Gasteiger partial charge on any atom is -0.481 e. The van der Waals surface area contributed by atoms with Gasteiger partial charge in [0.1, 0.15) is 5.38 Å². The van der Waals surface area contributed by atoms with Gasteiger partial charge in [0.25, 0.3) is 0 Å². The Labute approximate surface area is 112 Å². The highest BCUT2D eigenvalue weighted by Crippen LogP contribution is 2.23. The highest BCUT2D eigenvalue weighted by Gasteiger charge is 2.23. The first-order chi connectivity index (χ1) is 8.70. The lowest BCUT2D eigenvalue weighted by atomic mass is 10.1. The molecule has 4 nitrogen and oxygen atoms in total. The van der Waals surface area contributed by atoms with Gasteiger partial charge < -0.3 is 10.1 Å². The number of amides is 1. The Morgan fingerprint density at radius 3 is 2.78 bits per heavy atom. The van der Waals surface area contributed by atoms with Gasteiger partial charge in [-0.05, 0) is 18.4 Å². The van der Waals surface area contributed by atoms with Crippen molar-refractivity contribution in [2.45, 2.75) is 37.1 Å². The van der Waals surface area contributed by atoms with Crippen LogP contribution in [0.1, 0.15) is 36.6 Å². The predicted molar refractivity (Wildman–Crippen MR) is 69.8 cm³/mol. The summed E-state index contributed by atoms with van der Waals surface area (Å²) in [4.78, 5) is 16.0. The van der Waals surface area contributed by atoms with Gasteiger partial charge in [-0.1, -0.05) is 18.9 Å². The van der Waals surface area contributed by atoms with Gasteiger partial charge in [0, 0.05) is 18.3 Å². The van der Waals surface area contributed by atoms with E-state index in [9.17, 15) is 4.79 Å². The highest BCUT2D eigenvalue weighted by atomic mass is 35.5. The summed E-state index contributed by atoms with van der Waals surface area (Å²) in [5.74, 6) is 0.370. The van der Waals surface area contributed by atoms with Gasteiger partial charge in [0.05, 0.1) is 7.11 Å². The third-order valence-electron chi connectivity index (χ3n) is 3.19. The molecule has 0 saturated heterocycles. The van der Waals surface area contributed by atoms with E-state index in [1.165, 1.54) is 12.8 Å². The minimum absolute atomic E-state index is 0.143. The van der Waals surface area contributed by atoms with Crippen molar-refractivity contribution >= 4 is 17.5 Å². The molecular formula is C13H17ClN2O2. The summed E-state index contributed by atoms with van der Waals surface area (Å²) < 4.78 is 4.96. The van der Waals surface area contributed by atoms with E-state index in [0.29, 0.717) is 11.4 Å². The van der Waals surface area contributed by atoms with Crippen LogP contribution in [0.2, 0.25) is 0 Å². The standard InChI is InChI=1S/C13H17ClN2O2/c1-18-11-7-6-9(8-15-11)12(14)13(17)16-10-4-2-3-5-10/h6-8,10,12H,2-5H2,1H3,(H,16,17). The summed E-state index contributed by atoms with van der Waals surface area (Å²) in [6.45, 7) is 0. The first-order valence-corrected chi connectivity index (χ1v) is 6.58. The first kappa shape index (κ1) is 13.1. The third-order valence-corrected chi connectivity index (χ3v) is 3.64. The maximum absolute atomic E-state index is 12.0. The Morgan fingerprint density at radius 2 is 2.22 bits per heavy atom. The SMILES string of the molecule is COc1ccc(C(Cl)C(=O)NC2CCCC2)cn1. The molecule has 2 rings (SSSR count). The molecule has 1 aromatic rings. The van der Waals surface area contributed by atoms with E-state index < -0.39 is 5.38 Å². The molecule has 1 heterocycles. The van der Waals surface area contributed by atoms with Crippen LogP contribution < -0.4 is 10.1 Å². The van der Waals surface area contributed by atoms with Crippen LogP contribution >= 0.6 is 11.6 Å². The Balaban J connectivity index is 1.95. The molecule has 1 atom stereocenters. The molecule has 0 bridgehead atoms. The monoisotopic (exact) mass is 268 g/mol. The van der Waals surface area contributed by atoms with Crippen LogP contribution in [0, 0.1) is 0 Å². The van der Waals surface area contributed by atoms with Gasteiger partial charge in [0.15, 0.2) is 0 Å². The van der Waals surface area contributed by atoms with E-state index in [2.05, 4.69) is 10.3 Å². The van der Waals surface area contributed by atoms with Crippen molar-refractivity contribution in [3.63, 3.8) is 0 Å². The fourth-order valence-electron chi connectivity index (χ4n) is 2.16. The summed E-state index contributed by atoms with van der Waals surface area (Å²) in [7, 11) is 1.55. The number of nitrogens with zero attached hydrogens (tertiary/aromatic N) is 1. The molecule has 18 heavy (non-hydrogen) atoms. The number of aromatic nitrogens is 1. The second kappa shape index (κ2) is 6.05. The maximum Gasteiger partial charge on any atom is 0.242 e. The zero-order chi connectivity index (χ0) is 13.0. The predicted octanol–water partition coefficient (Wildman–Crippen LogP) is 2.43. The fraction of sp³-hybridized carbons (Fsp3) is 0.538. The lowest BCUT2D eigenvalue weighted by Crippen LogP contribution is -2.34. The Morgan fingerprint density at radius 1 is 1.50 bits per heavy atom. The molecular weight excluding hydrogens is 252 g/mol. The van der Waals surface area contributed by atoms with E-state index >= 15 is 0 Å². The molecule has 1 unspecified atom stereocenters. The molecule has 1 fully saturated rings. The molecule has 0 spiro atoms. The largest absolute Gasteiger partial charge is 0.481 e. The minimum atomic E-state index is -0.691. The molecule has 5 heteroatoms. The van der Waals surface area contributed by atoms with E-state index in [-0.39, 0.29) is 11.9 Å². The van der Waals surface area contributed by atoms with Crippen molar-refractivity contribution in [3.05, 3.63) is 23.9 Å². The number of hydrogen-bond donors (Lipinski definition) is 1. The Kier molecular flexibility index (Phi) is 4.42. The van der Waals surface area contributed by atoms with Crippen LogP contribution in [0.3, 0.4) is 0 Å². The highest BCUT2D eigenvalue weighted by molar-refractivity contribution is 6.30. The normalized spacial score (nSPS) is 17.4. The van der Waals surface area contributed by atoms with E-state index in [0.717, 1.165) is 12.8 Å². The van der Waals surface area contributed by atoms with Crippen LogP contribution in [-0.2, 0) is 4.79 Å². The van der Waals surface area contributed by atoms with Crippen LogP contribution in [0.5, 0.6) is 5.88 Å². The molecule has 1 aromatic heterocycles. The summed E-state index contributed by atoms with van der Waals surface area (Å²) >= 11 is 6.14. The number of alkyl halides is 1. The summed E-state index contributed by atoms with van der Waals surface area (Å²) in [5.41, 5.74) is 0.688. The van der Waals surface area contributed by atoms with Gasteiger partial charge in [-0.15, -0.1) is 11.6 Å². The second-order valence-electron chi connectivity index (χ2n) is 4.49. The van der Waals surface area contributed by atoms with E-state index in [1.54, 1.807) is 25.4 Å². The number of rotatable bonds is 4. The van der Waals surface area contributed by atoms with Crippen molar-refractivity contribution in [1.82, 2.24) is 10.3 Å². The molecule has 1 aliphatic rings. The van der Waals surface area contributed by atoms with Crippen molar-refractivity contribution in [2.24, 2.45) is 0 Å². The average Bonchev–Trinajstić information content (AvgIpc) is 2.91. The Hall–Kier alpha value is -1.29. The molecule has 98 valence electrons. The zero-order valence-electron chi connectivity index (χ0n) is 10.4. The van der Waals surface area contributed by atoms with Crippen molar-refractivity contribution in [1.29, 1.82) is 0 Å². The molecule has 1 amide bonds. The number of pyridine rings is 1. The topological polar surface area (TPSA) is 51.2 Å². The molecule has 1 aliphatic carbocycles. The van der Waals surface area contributed by atoms with Gasteiger partial charge >= 0.3 is 0 Å². The molecule has 0 aromatic carbocycles. The third kappa shape index (κ3) is 3.13. The van der Waals surface area contributed by atoms with Crippen molar-refractivity contribution < 1.29 is 9.53 Å². The Bertz CT molecular complexity index is 402. The molecule has 1 saturated carbocycles. The average molecular weight is 269 g/mol. The number of nitrogens with one attached hydrogen (secondary N) is 1. The maximum atomic E-state index is 12.0. The summed E-state index contributed by atoms with van der Waals surface area (Å²) in [6, 6.07) is 3.75. The van der Waals surface area contributed by atoms with Crippen LogP contribution in [0.15, 0.2) is 18.3 Å². The molecule has 1 N–H and O–H groups in total. The lowest BCUT2D eigenvalue weighted by molar-refractivity contribution is -0.121. The summed E-state index contributed by atoms with van der Waals surface area (Å²) in [5, 5.41) is 2.29. The number of halogens is 1. The molecule has 0 radical (unpaired) electrons. The van der Waals surface area contributed by atoms with Crippen LogP contribution in [0.25, 0.3) is 0 Å².